The number of hydrogen-bond acceptors (Lipinski definition) is 3. The van der Waals surface area contributed by atoms with Crippen LogP contribution in [0.4, 0.5) is 13.2 Å². The van der Waals surface area contributed by atoms with Gasteiger partial charge in [0.05, 0.1) is 0 Å². The molecule has 19 heavy (non-hydrogen) atoms. The van der Waals surface area contributed by atoms with E-state index in [0.29, 0.717) is 0 Å². The number of hydrogen-bond donors (Lipinski definition) is 0. The summed E-state index contributed by atoms with van der Waals surface area (Å²) in [5.74, 6) is -1.02. The fourth-order valence-electron chi connectivity index (χ4n) is 1.83. The SMILES string of the molecule is CN(C(=O)c1cccc(OC(F)(F)F)n1)C1CCC1. The number of halogens is 3. The zero-order valence-electron chi connectivity index (χ0n) is 10.3. The smallest absolute Gasteiger partial charge is 0.388 e. The first-order valence-electron chi connectivity index (χ1n) is 5.87. The van der Waals surface area contributed by atoms with Crippen LogP contribution in [0.5, 0.6) is 5.88 Å². The van der Waals surface area contributed by atoms with Gasteiger partial charge < -0.3 is 9.64 Å². The number of nitrogens with zero attached hydrogens (tertiary/aromatic N) is 2. The molecule has 1 aromatic rings. The molecule has 1 amide bonds. The number of ether oxygens (including phenoxy) is 1. The molecule has 0 aromatic carbocycles. The van der Waals surface area contributed by atoms with Crippen LogP contribution in [0.3, 0.4) is 0 Å². The van der Waals surface area contributed by atoms with Gasteiger partial charge >= 0.3 is 6.36 Å². The maximum atomic E-state index is 12.1. The molecule has 0 N–H and O–H groups in total. The van der Waals surface area contributed by atoms with Crippen molar-refractivity contribution in [3.8, 4) is 5.88 Å². The molecule has 4 nitrogen and oxygen atoms in total. The van der Waals surface area contributed by atoms with E-state index in [1.54, 1.807) is 7.05 Å². The Morgan fingerprint density at radius 2 is 2.11 bits per heavy atom. The molecule has 0 radical (unpaired) electrons. The first-order valence-corrected chi connectivity index (χ1v) is 5.87. The standard InChI is InChI=1S/C12H13F3N2O2/c1-17(8-4-2-5-8)11(18)9-6-3-7-10(16-9)19-12(13,14)15/h3,6-8H,2,4-5H2,1H3. The molecular formula is C12H13F3N2O2. The average Bonchev–Trinajstić information content (AvgIpc) is 2.23. The minimum Gasteiger partial charge on any atom is -0.388 e. The van der Waals surface area contributed by atoms with Crippen molar-refractivity contribution in [3.63, 3.8) is 0 Å². The van der Waals surface area contributed by atoms with Crippen molar-refractivity contribution in [2.24, 2.45) is 0 Å². The minimum absolute atomic E-state index is 0.0452. The highest BCUT2D eigenvalue weighted by atomic mass is 19.4. The van der Waals surface area contributed by atoms with Gasteiger partial charge in [-0.3, -0.25) is 4.79 Å². The summed E-state index contributed by atoms with van der Waals surface area (Å²) in [5, 5.41) is 0. The van der Waals surface area contributed by atoms with E-state index in [-0.39, 0.29) is 11.7 Å². The fraction of sp³-hybridized carbons (Fsp3) is 0.500. The molecule has 1 aliphatic rings. The zero-order chi connectivity index (χ0) is 14.0. The van der Waals surface area contributed by atoms with E-state index >= 15 is 0 Å². The monoisotopic (exact) mass is 274 g/mol. The lowest BCUT2D eigenvalue weighted by atomic mass is 9.92. The van der Waals surface area contributed by atoms with E-state index in [9.17, 15) is 18.0 Å². The van der Waals surface area contributed by atoms with Gasteiger partial charge in [0.15, 0.2) is 0 Å². The third-order valence-corrected chi connectivity index (χ3v) is 3.11. The van der Waals surface area contributed by atoms with Gasteiger partial charge in [-0.05, 0) is 25.3 Å². The van der Waals surface area contributed by atoms with Crippen LogP contribution in [0.2, 0.25) is 0 Å². The third kappa shape index (κ3) is 3.36. The normalized spacial score (nSPS) is 15.8. The Balaban J connectivity index is 2.11. The Kier molecular flexibility index (Phi) is 3.64. The Hall–Kier alpha value is -1.79. The lowest BCUT2D eigenvalue weighted by Gasteiger charge is -2.34. The van der Waals surface area contributed by atoms with Crippen LogP contribution in [0.1, 0.15) is 29.8 Å². The number of aromatic nitrogens is 1. The molecule has 2 rings (SSSR count). The van der Waals surface area contributed by atoms with Gasteiger partial charge in [-0.1, -0.05) is 6.07 Å². The van der Waals surface area contributed by atoms with Crippen molar-refractivity contribution >= 4 is 5.91 Å². The van der Waals surface area contributed by atoms with Crippen LogP contribution in [-0.4, -0.2) is 35.2 Å². The predicted molar refractivity (Wildman–Crippen MR) is 60.7 cm³/mol. The van der Waals surface area contributed by atoms with Crippen LogP contribution in [0.15, 0.2) is 18.2 Å². The van der Waals surface area contributed by atoms with E-state index in [4.69, 9.17) is 0 Å². The van der Waals surface area contributed by atoms with Gasteiger partial charge in [0.25, 0.3) is 5.91 Å². The highest BCUT2D eigenvalue weighted by Crippen LogP contribution is 2.25. The lowest BCUT2D eigenvalue weighted by molar-refractivity contribution is -0.276. The Morgan fingerprint density at radius 1 is 1.42 bits per heavy atom. The van der Waals surface area contributed by atoms with Crippen molar-refractivity contribution in [2.75, 3.05) is 7.05 Å². The van der Waals surface area contributed by atoms with Crippen LogP contribution >= 0.6 is 0 Å². The molecule has 0 spiro atoms. The molecule has 0 bridgehead atoms. The molecule has 1 heterocycles. The topological polar surface area (TPSA) is 42.4 Å². The van der Waals surface area contributed by atoms with Crippen molar-refractivity contribution in [1.82, 2.24) is 9.88 Å². The van der Waals surface area contributed by atoms with Crippen LogP contribution in [0, 0.1) is 0 Å². The number of alkyl halides is 3. The van der Waals surface area contributed by atoms with E-state index in [1.807, 2.05) is 0 Å². The number of rotatable bonds is 3. The highest BCUT2D eigenvalue weighted by molar-refractivity contribution is 5.92. The second kappa shape index (κ2) is 5.07. The second-order valence-electron chi connectivity index (χ2n) is 4.41. The number of carbonyl (C=O) groups is 1. The third-order valence-electron chi connectivity index (χ3n) is 3.11. The van der Waals surface area contributed by atoms with Gasteiger partial charge in [0.2, 0.25) is 5.88 Å². The molecular weight excluding hydrogens is 261 g/mol. The van der Waals surface area contributed by atoms with Gasteiger partial charge in [0, 0.05) is 19.2 Å². The van der Waals surface area contributed by atoms with Crippen LogP contribution in [-0.2, 0) is 0 Å². The molecule has 1 aromatic heterocycles. The molecule has 7 heteroatoms. The summed E-state index contributed by atoms with van der Waals surface area (Å²) in [7, 11) is 1.63. The Bertz CT molecular complexity index is 472. The van der Waals surface area contributed by atoms with Gasteiger partial charge in [-0.25, -0.2) is 4.98 Å². The van der Waals surface area contributed by atoms with E-state index in [1.165, 1.54) is 17.0 Å². The van der Waals surface area contributed by atoms with Gasteiger partial charge in [-0.2, -0.15) is 0 Å². The van der Waals surface area contributed by atoms with Crippen molar-refractivity contribution in [2.45, 2.75) is 31.7 Å². The van der Waals surface area contributed by atoms with Gasteiger partial charge in [-0.15, -0.1) is 13.2 Å². The number of amides is 1. The first kappa shape index (κ1) is 13.6. The Morgan fingerprint density at radius 3 is 2.63 bits per heavy atom. The van der Waals surface area contributed by atoms with Crippen molar-refractivity contribution in [1.29, 1.82) is 0 Å². The summed E-state index contributed by atoms with van der Waals surface area (Å²) < 4.78 is 39.9. The second-order valence-corrected chi connectivity index (χ2v) is 4.41. The summed E-state index contributed by atoms with van der Waals surface area (Å²) in [6, 6.07) is 3.91. The zero-order valence-corrected chi connectivity index (χ0v) is 10.3. The lowest BCUT2D eigenvalue weighted by Crippen LogP contribution is -2.41. The fourth-order valence-corrected chi connectivity index (χ4v) is 1.83. The molecule has 0 saturated heterocycles. The van der Waals surface area contributed by atoms with Gasteiger partial charge in [0.1, 0.15) is 5.69 Å². The average molecular weight is 274 g/mol. The first-order chi connectivity index (χ1) is 8.87. The molecule has 1 aliphatic carbocycles. The quantitative estimate of drug-likeness (QED) is 0.850. The van der Waals surface area contributed by atoms with E-state index < -0.39 is 18.1 Å². The summed E-state index contributed by atoms with van der Waals surface area (Å²) in [4.78, 5) is 17.1. The number of carbonyl (C=O) groups excluding carboxylic acids is 1. The maximum Gasteiger partial charge on any atom is 0.574 e. The number of pyridine rings is 1. The summed E-state index contributed by atoms with van der Waals surface area (Å²) in [6.07, 6.45) is -1.91. The molecule has 0 atom stereocenters. The van der Waals surface area contributed by atoms with Crippen molar-refractivity contribution in [3.05, 3.63) is 23.9 Å². The van der Waals surface area contributed by atoms with Crippen LogP contribution in [0.25, 0.3) is 0 Å². The highest BCUT2D eigenvalue weighted by Gasteiger charge is 2.32. The largest absolute Gasteiger partial charge is 0.574 e. The Labute approximate surface area is 108 Å². The van der Waals surface area contributed by atoms with Crippen molar-refractivity contribution < 1.29 is 22.7 Å². The van der Waals surface area contributed by atoms with E-state index in [0.717, 1.165) is 25.3 Å². The van der Waals surface area contributed by atoms with Crippen LogP contribution < -0.4 is 4.74 Å². The molecule has 1 fully saturated rings. The van der Waals surface area contributed by atoms with E-state index in [2.05, 4.69) is 9.72 Å². The molecule has 1 saturated carbocycles. The maximum absolute atomic E-state index is 12.1. The molecule has 104 valence electrons. The summed E-state index contributed by atoms with van der Waals surface area (Å²) >= 11 is 0. The molecule has 0 aliphatic heterocycles. The molecule has 0 unspecified atom stereocenters. The predicted octanol–water partition coefficient (Wildman–Crippen LogP) is 2.60. The minimum atomic E-state index is -4.81. The summed E-state index contributed by atoms with van der Waals surface area (Å²) in [5.41, 5.74) is -0.0452. The summed E-state index contributed by atoms with van der Waals surface area (Å²) in [6.45, 7) is 0.